The molecule has 184 valence electrons. The minimum atomic E-state index is -0.380. The molecule has 9 nitrogen and oxygen atoms in total. The van der Waals surface area contributed by atoms with Crippen molar-refractivity contribution in [2.45, 2.75) is 13.1 Å². The number of nitrogens with two attached hydrogens (primary N) is 1. The highest BCUT2D eigenvalue weighted by Crippen LogP contribution is 2.21. The third kappa shape index (κ3) is 7.47. The van der Waals surface area contributed by atoms with Crippen molar-refractivity contribution < 1.29 is 4.79 Å². The fraction of sp³-hybridized carbons (Fsp3) is 0.333. The lowest BCUT2D eigenvalue weighted by Crippen LogP contribution is -2.48. The van der Waals surface area contributed by atoms with Gasteiger partial charge in [0.2, 0.25) is 0 Å². The number of nitrogens with zero attached hydrogens (tertiary/aromatic N) is 5. The first-order valence-corrected chi connectivity index (χ1v) is 12.9. The quantitative estimate of drug-likeness (QED) is 0.319. The van der Waals surface area contributed by atoms with Gasteiger partial charge in [0.1, 0.15) is 0 Å². The number of carbonyl (C=O) groups is 1. The van der Waals surface area contributed by atoms with E-state index >= 15 is 0 Å². The number of benzene rings is 1. The number of rotatable bonds is 9. The van der Waals surface area contributed by atoms with Crippen LogP contribution in [0, 0.1) is 3.57 Å². The summed E-state index contributed by atoms with van der Waals surface area (Å²) in [6.07, 6.45) is 1.83. The van der Waals surface area contributed by atoms with Gasteiger partial charge in [-0.05, 0) is 52.4 Å². The summed E-state index contributed by atoms with van der Waals surface area (Å²) < 4.78 is 1.16. The van der Waals surface area contributed by atoms with Gasteiger partial charge in [0, 0.05) is 62.1 Å². The lowest BCUT2D eigenvalue weighted by Gasteiger charge is -2.34. The van der Waals surface area contributed by atoms with Crippen LogP contribution in [-0.4, -0.2) is 69.9 Å². The van der Waals surface area contributed by atoms with Crippen molar-refractivity contribution in [3.8, 4) is 0 Å². The minimum absolute atomic E-state index is 0.0370. The van der Waals surface area contributed by atoms with Crippen LogP contribution in [0.3, 0.4) is 0 Å². The van der Waals surface area contributed by atoms with Crippen LogP contribution in [0.25, 0.3) is 0 Å². The molecule has 35 heavy (non-hydrogen) atoms. The number of pyridine rings is 1. The summed E-state index contributed by atoms with van der Waals surface area (Å²) in [6.45, 7) is 6.44. The van der Waals surface area contributed by atoms with Gasteiger partial charge in [-0.1, -0.05) is 29.8 Å². The summed E-state index contributed by atoms with van der Waals surface area (Å²) in [6, 6.07) is 14.1. The van der Waals surface area contributed by atoms with Gasteiger partial charge in [0.25, 0.3) is 5.91 Å². The smallest absolute Gasteiger partial charge is 0.273 e. The lowest BCUT2D eigenvalue weighted by atomic mass is 10.2. The van der Waals surface area contributed by atoms with E-state index in [2.05, 4.69) is 64.0 Å². The number of hydrogen-bond acceptors (Lipinski definition) is 8. The molecule has 1 amide bonds. The summed E-state index contributed by atoms with van der Waals surface area (Å²) >= 11 is 8.53. The molecule has 0 spiro atoms. The Balaban J connectivity index is 1.21. The van der Waals surface area contributed by atoms with E-state index in [9.17, 15) is 4.79 Å². The average molecular weight is 607 g/mol. The van der Waals surface area contributed by atoms with E-state index in [-0.39, 0.29) is 22.6 Å². The molecule has 0 atom stereocenters. The van der Waals surface area contributed by atoms with E-state index in [4.69, 9.17) is 17.3 Å². The van der Waals surface area contributed by atoms with Crippen molar-refractivity contribution in [1.29, 1.82) is 0 Å². The molecule has 0 saturated carbocycles. The van der Waals surface area contributed by atoms with Gasteiger partial charge >= 0.3 is 0 Å². The van der Waals surface area contributed by atoms with E-state index in [0.29, 0.717) is 18.9 Å². The number of nitrogen functional groups attached to an aromatic ring is 1. The van der Waals surface area contributed by atoms with E-state index < -0.39 is 0 Å². The normalized spacial score (nSPS) is 14.6. The predicted octanol–water partition coefficient (Wildman–Crippen LogP) is 2.87. The molecule has 1 saturated heterocycles. The van der Waals surface area contributed by atoms with Crippen molar-refractivity contribution in [3.05, 3.63) is 74.3 Å². The Morgan fingerprint density at radius 2 is 1.80 bits per heavy atom. The van der Waals surface area contributed by atoms with Crippen molar-refractivity contribution in [3.63, 3.8) is 0 Å². The van der Waals surface area contributed by atoms with Crippen LogP contribution in [0.4, 0.5) is 11.6 Å². The Kier molecular flexibility index (Phi) is 9.07. The molecule has 4 rings (SSSR count). The first-order valence-electron chi connectivity index (χ1n) is 11.4. The van der Waals surface area contributed by atoms with E-state index in [1.54, 1.807) is 0 Å². The van der Waals surface area contributed by atoms with Crippen LogP contribution in [0.1, 0.15) is 21.7 Å². The maximum Gasteiger partial charge on any atom is 0.273 e. The molecular formula is C24H28ClIN8O. The maximum absolute atomic E-state index is 12.6. The number of amides is 1. The Bertz CT molecular complexity index is 1120. The van der Waals surface area contributed by atoms with Crippen molar-refractivity contribution >= 4 is 51.7 Å². The maximum atomic E-state index is 12.6. The Morgan fingerprint density at radius 3 is 2.51 bits per heavy atom. The van der Waals surface area contributed by atoms with Crippen LogP contribution >= 0.6 is 34.2 Å². The second kappa shape index (κ2) is 12.4. The Morgan fingerprint density at radius 1 is 1.06 bits per heavy atom. The van der Waals surface area contributed by atoms with Crippen LogP contribution in [0.5, 0.6) is 0 Å². The predicted molar refractivity (Wildman–Crippen MR) is 146 cm³/mol. The summed E-state index contributed by atoms with van der Waals surface area (Å²) in [5.41, 5.74) is 8.21. The topological polar surface area (TPSA) is 112 Å². The van der Waals surface area contributed by atoms with Gasteiger partial charge in [-0.25, -0.2) is 9.97 Å². The van der Waals surface area contributed by atoms with Gasteiger partial charge < -0.3 is 16.4 Å². The second-order valence-corrected chi connectivity index (χ2v) is 9.88. The Labute approximate surface area is 223 Å². The highest BCUT2D eigenvalue weighted by atomic mass is 127. The van der Waals surface area contributed by atoms with Gasteiger partial charge in [0.15, 0.2) is 22.5 Å². The number of piperazine rings is 1. The number of aromatic nitrogens is 3. The molecule has 2 aromatic heterocycles. The molecule has 3 aromatic rings. The number of carbonyl (C=O) groups excluding carboxylic acids is 1. The van der Waals surface area contributed by atoms with Crippen molar-refractivity contribution in [2.75, 3.05) is 50.3 Å². The van der Waals surface area contributed by atoms with Crippen molar-refractivity contribution in [1.82, 2.24) is 30.1 Å². The van der Waals surface area contributed by atoms with Crippen molar-refractivity contribution in [2.24, 2.45) is 0 Å². The molecule has 0 unspecified atom stereocenters. The third-order valence-corrected chi connectivity index (χ3v) is 6.74. The molecule has 0 bridgehead atoms. The van der Waals surface area contributed by atoms with Gasteiger partial charge in [-0.15, -0.1) is 0 Å². The van der Waals surface area contributed by atoms with Crippen LogP contribution in [0.2, 0.25) is 5.15 Å². The molecule has 0 aliphatic carbocycles. The molecule has 11 heteroatoms. The summed E-state index contributed by atoms with van der Waals surface area (Å²) in [5.74, 6) is 0.0119. The highest BCUT2D eigenvalue weighted by Gasteiger charge is 2.19. The zero-order valence-corrected chi connectivity index (χ0v) is 22.2. The standard InChI is InChI=1S/C24H28ClIN8O/c25-21-23(30-15-17-4-6-18(26)7-5-17)32-22(27)20(31-21)24(35)29-9-10-33-11-13-34(14-12-33)16-19-3-1-2-8-28-19/h1-8H,9-16H2,(H,29,35)(H3,27,30,32). The monoisotopic (exact) mass is 606 g/mol. The second-order valence-electron chi connectivity index (χ2n) is 8.27. The first kappa shape index (κ1) is 25.5. The molecule has 1 aliphatic heterocycles. The third-order valence-electron chi connectivity index (χ3n) is 5.76. The van der Waals surface area contributed by atoms with Crippen LogP contribution < -0.4 is 16.4 Å². The fourth-order valence-electron chi connectivity index (χ4n) is 3.80. The summed E-state index contributed by atoms with van der Waals surface area (Å²) in [7, 11) is 0. The SMILES string of the molecule is Nc1nc(NCc2ccc(I)cc2)c(Cl)nc1C(=O)NCCN1CCN(Cc2ccccn2)CC1. The van der Waals surface area contributed by atoms with Gasteiger partial charge in [-0.2, -0.15) is 0 Å². The molecule has 1 aliphatic rings. The molecule has 4 N–H and O–H groups in total. The summed E-state index contributed by atoms with van der Waals surface area (Å²) in [5, 5.41) is 6.12. The molecular weight excluding hydrogens is 579 g/mol. The molecule has 1 fully saturated rings. The zero-order valence-electron chi connectivity index (χ0n) is 19.3. The average Bonchev–Trinajstić information content (AvgIpc) is 2.87. The van der Waals surface area contributed by atoms with Crippen LogP contribution in [0.15, 0.2) is 48.7 Å². The number of nitrogens with one attached hydrogen (secondary N) is 2. The van der Waals surface area contributed by atoms with Crippen LogP contribution in [-0.2, 0) is 13.1 Å². The number of hydrogen-bond donors (Lipinski definition) is 3. The fourth-order valence-corrected chi connectivity index (χ4v) is 4.35. The molecule has 3 heterocycles. The highest BCUT2D eigenvalue weighted by molar-refractivity contribution is 14.1. The van der Waals surface area contributed by atoms with Gasteiger partial charge in [0.05, 0.1) is 5.69 Å². The number of halogens is 2. The van der Waals surface area contributed by atoms with E-state index in [0.717, 1.165) is 54.1 Å². The minimum Gasteiger partial charge on any atom is -0.382 e. The summed E-state index contributed by atoms with van der Waals surface area (Å²) in [4.78, 5) is 30.2. The molecule has 0 radical (unpaired) electrons. The zero-order chi connectivity index (χ0) is 24.6. The lowest BCUT2D eigenvalue weighted by molar-refractivity contribution is 0.0929. The Hall–Kier alpha value is -2.54. The first-order chi connectivity index (χ1) is 17.0. The van der Waals surface area contributed by atoms with E-state index in [1.807, 2.05) is 42.6 Å². The van der Waals surface area contributed by atoms with E-state index in [1.165, 1.54) is 0 Å². The van der Waals surface area contributed by atoms with Gasteiger partial charge in [-0.3, -0.25) is 19.6 Å². The largest absolute Gasteiger partial charge is 0.382 e. The molecule has 1 aromatic carbocycles. The number of anilines is 2.